The molecule has 1 N–H and O–H groups in total. The van der Waals surface area contributed by atoms with Crippen LogP contribution in [0.1, 0.15) is 35.7 Å². The van der Waals surface area contributed by atoms with Crippen molar-refractivity contribution < 1.29 is 13.9 Å². The lowest BCUT2D eigenvalue weighted by Crippen LogP contribution is -2.13. The van der Waals surface area contributed by atoms with Crippen LogP contribution >= 0.6 is 22.9 Å². The lowest BCUT2D eigenvalue weighted by atomic mass is 10.2. The number of rotatable bonds is 4. The maximum Gasteiger partial charge on any atom is 0.411 e. The van der Waals surface area contributed by atoms with Gasteiger partial charge in [0.1, 0.15) is 23.3 Å². The van der Waals surface area contributed by atoms with Crippen molar-refractivity contribution in [3.8, 4) is 10.6 Å². The van der Waals surface area contributed by atoms with Crippen LogP contribution in [0, 0.1) is 12.7 Å². The number of aryl methyl sites for hydroxylation is 3. The summed E-state index contributed by atoms with van der Waals surface area (Å²) in [5.74, 6) is 0.710. The van der Waals surface area contributed by atoms with Gasteiger partial charge in [-0.3, -0.25) is 5.32 Å². The van der Waals surface area contributed by atoms with Crippen molar-refractivity contribution in [1.29, 1.82) is 0 Å². The molecule has 170 valence electrons. The summed E-state index contributed by atoms with van der Waals surface area (Å²) in [4.78, 5) is 22.5. The van der Waals surface area contributed by atoms with Crippen LogP contribution in [0.25, 0.3) is 21.6 Å². The predicted octanol–water partition coefficient (Wildman–Crippen LogP) is 6.74. The minimum Gasteiger partial charge on any atom is -0.444 e. The number of hydrogen-bond acceptors (Lipinski definition) is 5. The van der Waals surface area contributed by atoms with E-state index in [-0.39, 0.29) is 6.61 Å². The van der Waals surface area contributed by atoms with Gasteiger partial charge >= 0.3 is 6.09 Å². The maximum atomic E-state index is 13.3. The molecular formula is C24H22ClFN4O2S. The first kappa shape index (κ1) is 21.9. The molecule has 4 aromatic rings. The summed E-state index contributed by atoms with van der Waals surface area (Å²) in [6.07, 6.45) is 3.99. The molecule has 0 saturated carbocycles. The average molecular weight is 485 g/mol. The van der Waals surface area contributed by atoms with Crippen LogP contribution in [-0.2, 0) is 24.3 Å². The molecule has 0 unspecified atom stereocenters. The van der Waals surface area contributed by atoms with Crippen LogP contribution < -0.4 is 5.32 Å². The first-order valence-electron chi connectivity index (χ1n) is 10.8. The van der Waals surface area contributed by atoms with Crippen molar-refractivity contribution in [1.82, 2.24) is 14.5 Å². The number of thiazole rings is 1. The monoisotopic (exact) mass is 484 g/mol. The van der Waals surface area contributed by atoms with Crippen LogP contribution in [0.2, 0.25) is 5.02 Å². The Morgan fingerprint density at radius 3 is 2.94 bits per heavy atom. The number of anilines is 1. The van der Waals surface area contributed by atoms with E-state index in [9.17, 15) is 9.18 Å². The highest BCUT2D eigenvalue weighted by atomic mass is 35.5. The molecule has 0 spiro atoms. The largest absolute Gasteiger partial charge is 0.444 e. The first-order valence-corrected chi connectivity index (χ1v) is 12.0. The second-order valence-corrected chi connectivity index (χ2v) is 9.54. The van der Waals surface area contributed by atoms with Crippen LogP contribution in [0.15, 0.2) is 36.4 Å². The third-order valence-electron chi connectivity index (χ3n) is 5.74. The Morgan fingerprint density at radius 2 is 2.09 bits per heavy atom. The van der Waals surface area contributed by atoms with E-state index in [1.165, 1.54) is 29.9 Å². The first-order chi connectivity index (χ1) is 16.0. The van der Waals surface area contributed by atoms with E-state index >= 15 is 0 Å². The third-order valence-corrected chi connectivity index (χ3v) is 7.22. The van der Waals surface area contributed by atoms with E-state index in [1.807, 2.05) is 25.1 Å². The zero-order chi connectivity index (χ0) is 22.9. The summed E-state index contributed by atoms with van der Waals surface area (Å²) in [6, 6.07) is 9.95. The molecule has 2 aromatic carbocycles. The third kappa shape index (κ3) is 4.58. The second kappa shape index (κ2) is 9.11. The van der Waals surface area contributed by atoms with Crippen LogP contribution in [0.3, 0.4) is 0 Å². The molecule has 33 heavy (non-hydrogen) atoms. The summed E-state index contributed by atoms with van der Waals surface area (Å²) in [7, 11) is 0. The molecule has 0 fully saturated rings. The molecule has 3 heterocycles. The topological polar surface area (TPSA) is 69.0 Å². The molecule has 2 aromatic heterocycles. The van der Waals surface area contributed by atoms with Gasteiger partial charge in [0.15, 0.2) is 0 Å². The van der Waals surface area contributed by atoms with Gasteiger partial charge in [0, 0.05) is 24.2 Å². The van der Waals surface area contributed by atoms with Gasteiger partial charge in [0.25, 0.3) is 0 Å². The van der Waals surface area contributed by atoms with E-state index in [4.69, 9.17) is 21.3 Å². The van der Waals surface area contributed by atoms with Gasteiger partial charge in [0.05, 0.1) is 26.6 Å². The number of carbonyl (C=O) groups excluding carboxylic acids is 1. The number of fused-ring (bicyclic) bond motifs is 3. The minimum absolute atomic E-state index is 0.0785. The Balaban J connectivity index is 1.25. The number of benzene rings is 2. The highest BCUT2D eigenvalue weighted by molar-refractivity contribution is 7.15. The van der Waals surface area contributed by atoms with Gasteiger partial charge < -0.3 is 9.30 Å². The van der Waals surface area contributed by atoms with Gasteiger partial charge in [0.2, 0.25) is 0 Å². The van der Waals surface area contributed by atoms with E-state index < -0.39 is 11.9 Å². The summed E-state index contributed by atoms with van der Waals surface area (Å²) >= 11 is 7.51. The van der Waals surface area contributed by atoms with Gasteiger partial charge in [-0.15, -0.1) is 11.3 Å². The molecule has 1 aliphatic heterocycles. The standard InChI is InChI=1S/C24H22ClFN4O2S/c1-14-21(33-23(27-14)17-8-6-15(26)11-18(17)25)13-32-24(31)28-16-7-9-20-19(12-16)29-22-5-3-2-4-10-30(20)22/h6-9,11-12H,2-5,10,13H2,1H3,(H,28,31). The Morgan fingerprint density at radius 1 is 1.21 bits per heavy atom. The van der Waals surface area contributed by atoms with Crippen molar-refractivity contribution in [2.75, 3.05) is 5.32 Å². The molecule has 0 radical (unpaired) electrons. The zero-order valence-electron chi connectivity index (χ0n) is 18.0. The number of halogens is 2. The molecule has 0 bridgehead atoms. The predicted molar refractivity (Wildman–Crippen MR) is 128 cm³/mol. The molecule has 1 amide bonds. The number of imidazole rings is 1. The molecule has 1 aliphatic rings. The molecule has 5 rings (SSSR count). The highest BCUT2D eigenvalue weighted by Crippen LogP contribution is 2.33. The van der Waals surface area contributed by atoms with E-state index in [1.54, 1.807) is 6.07 Å². The summed E-state index contributed by atoms with van der Waals surface area (Å²) in [5, 5.41) is 3.73. The van der Waals surface area contributed by atoms with E-state index in [0.29, 0.717) is 21.3 Å². The second-order valence-electron chi connectivity index (χ2n) is 8.05. The zero-order valence-corrected chi connectivity index (χ0v) is 19.6. The number of nitrogens with one attached hydrogen (secondary N) is 1. The van der Waals surface area contributed by atoms with Crippen molar-refractivity contribution >= 4 is 45.8 Å². The number of hydrogen-bond donors (Lipinski definition) is 1. The molecular weight excluding hydrogens is 463 g/mol. The number of carbonyl (C=O) groups is 1. The van der Waals surface area contributed by atoms with Crippen molar-refractivity contribution in [2.45, 2.75) is 45.8 Å². The Bertz CT molecular complexity index is 1350. The quantitative estimate of drug-likeness (QED) is 0.348. The summed E-state index contributed by atoms with van der Waals surface area (Å²) < 4.78 is 21.0. The van der Waals surface area contributed by atoms with E-state index in [2.05, 4.69) is 14.9 Å². The number of ether oxygens (including phenoxy) is 1. The van der Waals surface area contributed by atoms with Crippen molar-refractivity contribution in [3.63, 3.8) is 0 Å². The van der Waals surface area contributed by atoms with Gasteiger partial charge in [-0.25, -0.2) is 19.2 Å². The van der Waals surface area contributed by atoms with Crippen molar-refractivity contribution in [2.24, 2.45) is 0 Å². The average Bonchev–Trinajstić information content (AvgIpc) is 3.22. The fourth-order valence-electron chi connectivity index (χ4n) is 4.05. The fraction of sp³-hybridized carbons (Fsp3) is 0.292. The van der Waals surface area contributed by atoms with Gasteiger partial charge in [-0.1, -0.05) is 18.0 Å². The molecule has 9 heteroatoms. The van der Waals surface area contributed by atoms with Crippen molar-refractivity contribution in [3.05, 3.63) is 63.6 Å². The van der Waals surface area contributed by atoms with Crippen LogP contribution in [0.4, 0.5) is 14.9 Å². The van der Waals surface area contributed by atoms with Gasteiger partial charge in [-0.2, -0.15) is 0 Å². The van der Waals surface area contributed by atoms with Crippen LogP contribution in [0.5, 0.6) is 0 Å². The highest BCUT2D eigenvalue weighted by Gasteiger charge is 2.16. The normalized spacial score (nSPS) is 13.5. The lowest BCUT2D eigenvalue weighted by molar-refractivity contribution is 0.156. The number of aromatic nitrogens is 3. The molecule has 0 saturated heterocycles. The summed E-state index contributed by atoms with van der Waals surface area (Å²) in [6.45, 7) is 2.90. The smallest absolute Gasteiger partial charge is 0.411 e. The maximum absolute atomic E-state index is 13.3. The SMILES string of the molecule is Cc1nc(-c2ccc(F)cc2Cl)sc1COC(=O)Nc1ccc2c(c1)nc1n2CCCCC1. The summed E-state index contributed by atoms with van der Waals surface area (Å²) in [5.41, 5.74) is 4.00. The molecule has 0 aliphatic carbocycles. The number of amides is 1. The minimum atomic E-state index is -0.552. The van der Waals surface area contributed by atoms with Crippen LogP contribution in [-0.4, -0.2) is 20.6 Å². The Kier molecular flexibility index (Phi) is 6.03. The number of nitrogens with zero attached hydrogens (tertiary/aromatic N) is 3. The van der Waals surface area contributed by atoms with Gasteiger partial charge in [-0.05, 0) is 56.2 Å². The molecule has 6 nitrogen and oxygen atoms in total. The lowest BCUT2D eigenvalue weighted by Gasteiger charge is -2.07. The van der Waals surface area contributed by atoms with E-state index in [0.717, 1.165) is 53.2 Å². The Labute approximate surface area is 199 Å². The fourth-order valence-corrected chi connectivity index (χ4v) is 5.38. The molecule has 0 atom stereocenters. The Hall–Kier alpha value is -2.97.